The van der Waals surface area contributed by atoms with Gasteiger partial charge >= 0.3 is 5.97 Å². The van der Waals surface area contributed by atoms with Gasteiger partial charge in [0, 0.05) is 14.9 Å². The molecule has 0 bridgehead atoms. The minimum absolute atomic E-state index is 0.118. The lowest BCUT2D eigenvalue weighted by molar-refractivity contribution is -0.132. The Morgan fingerprint density at radius 1 is 1.30 bits per heavy atom. The van der Waals surface area contributed by atoms with Crippen LogP contribution in [0.1, 0.15) is 21.2 Å². The highest BCUT2D eigenvalue weighted by molar-refractivity contribution is 9.10. The average Bonchev–Trinajstić information content (AvgIpc) is 3.22. The molecule has 23 heavy (non-hydrogen) atoms. The van der Waals surface area contributed by atoms with Crippen molar-refractivity contribution in [2.24, 2.45) is 5.10 Å². The van der Waals surface area contributed by atoms with Crippen molar-refractivity contribution in [2.45, 2.75) is 12.0 Å². The fourth-order valence-electron chi connectivity index (χ4n) is 2.52. The molecule has 0 fully saturated rings. The molecule has 1 aliphatic heterocycles. The second-order valence-electron chi connectivity index (χ2n) is 4.96. The second-order valence-corrected chi connectivity index (χ2v) is 6.86. The van der Waals surface area contributed by atoms with Crippen LogP contribution in [0.2, 0.25) is 0 Å². The summed E-state index contributed by atoms with van der Waals surface area (Å²) in [6, 6.07) is 10.3. The van der Waals surface area contributed by atoms with Crippen LogP contribution in [0.4, 0.5) is 0 Å². The number of benzene rings is 1. The number of hydrazone groups is 1. The topological polar surface area (TPSA) is 67.8 Å². The van der Waals surface area contributed by atoms with E-state index >= 15 is 0 Å². The number of halogens is 1. The number of esters is 1. The quantitative estimate of drug-likeness (QED) is 0.641. The normalized spacial score (nSPS) is 19.8. The SMILES string of the molecule is COC(=O)C1=NNC(C(=O)c2cccc(Br)c2)C1c1cccs1. The van der Waals surface area contributed by atoms with E-state index in [-0.39, 0.29) is 11.5 Å². The summed E-state index contributed by atoms with van der Waals surface area (Å²) in [5, 5.41) is 5.97. The van der Waals surface area contributed by atoms with Crippen molar-refractivity contribution < 1.29 is 14.3 Å². The van der Waals surface area contributed by atoms with Crippen LogP contribution in [0.5, 0.6) is 0 Å². The predicted octanol–water partition coefficient (Wildman–Crippen LogP) is 2.98. The van der Waals surface area contributed by atoms with E-state index in [0.29, 0.717) is 5.56 Å². The number of ether oxygens (including phenoxy) is 1. The van der Waals surface area contributed by atoms with E-state index in [4.69, 9.17) is 4.74 Å². The van der Waals surface area contributed by atoms with Crippen LogP contribution in [-0.2, 0) is 9.53 Å². The van der Waals surface area contributed by atoms with Gasteiger partial charge in [-0.3, -0.25) is 10.2 Å². The number of hydrogen-bond donors (Lipinski definition) is 1. The van der Waals surface area contributed by atoms with E-state index in [1.165, 1.54) is 18.4 Å². The largest absolute Gasteiger partial charge is 0.464 e. The lowest BCUT2D eigenvalue weighted by Gasteiger charge is -2.18. The highest BCUT2D eigenvalue weighted by atomic mass is 79.9. The summed E-state index contributed by atoms with van der Waals surface area (Å²) in [6.45, 7) is 0. The number of ketones is 1. The molecule has 1 aromatic heterocycles. The molecule has 0 spiro atoms. The summed E-state index contributed by atoms with van der Waals surface area (Å²) in [4.78, 5) is 25.7. The maximum Gasteiger partial charge on any atom is 0.354 e. The highest BCUT2D eigenvalue weighted by Crippen LogP contribution is 2.32. The van der Waals surface area contributed by atoms with Gasteiger partial charge in [-0.15, -0.1) is 11.3 Å². The zero-order valence-corrected chi connectivity index (χ0v) is 14.6. The molecule has 5 nitrogen and oxygen atoms in total. The third-order valence-electron chi connectivity index (χ3n) is 3.59. The van der Waals surface area contributed by atoms with Gasteiger partial charge in [0.2, 0.25) is 0 Å². The van der Waals surface area contributed by atoms with E-state index in [1.54, 1.807) is 18.2 Å². The lowest BCUT2D eigenvalue weighted by atomic mass is 9.89. The highest BCUT2D eigenvalue weighted by Gasteiger charge is 2.42. The molecule has 2 aromatic rings. The molecule has 0 saturated carbocycles. The van der Waals surface area contributed by atoms with Crippen molar-refractivity contribution in [3.63, 3.8) is 0 Å². The van der Waals surface area contributed by atoms with Crippen LogP contribution >= 0.6 is 27.3 Å². The number of methoxy groups -OCH3 is 1. The Morgan fingerprint density at radius 3 is 2.78 bits per heavy atom. The molecular formula is C16H13BrN2O3S. The van der Waals surface area contributed by atoms with Crippen LogP contribution in [0.15, 0.2) is 51.4 Å². The summed E-state index contributed by atoms with van der Waals surface area (Å²) in [5.41, 5.74) is 3.59. The fourth-order valence-corrected chi connectivity index (χ4v) is 3.78. The first-order valence-electron chi connectivity index (χ1n) is 6.86. The molecule has 2 heterocycles. The zero-order valence-electron chi connectivity index (χ0n) is 12.2. The van der Waals surface area contributed by atoms with Crippen molar-refractivity contribution in [3.05, 3.63) is 56.7 Å². The molecule has 1 N–H and O–H groups in total. The van der Waals surface area contributed by atoms with Gasteiger partial charge in [-0.2, -0.15) is 5.10 Å². The second kappa shape index (κ2) is 6.64. The van der Waals surface area contributed by atoms with Gasteiger partial charge < -0.3 is 4.74 Å². The first-order chi connectivity index (χ1) is 11.1. The maximum atomic E-state index is 12.9. The molecule has 1 aliphatic rings. The molecule has 0 aliphatic carbocycles. The Labute approximate surface area is 145 Å². The van der Waals surface area contributed by atoms with Gasteiger partial charge in [0.1, 0.15) is 6.04 Å². The molecule has 0 radical (unpaired) electrons. The summed E-state index contributed by atoms with van der Waals surface area (Å²) in [6.07, 6.45) is 0. The fraction of sp³-hybridized carbons (Fsp3) is 0.188. The molecular weight excluding hydrogens is 380 g/mol. The number of Topliss-reactive ketones (excluding diaryl/α,β-unsaturated/α-hetero) is 1. The van der Waals surface area contributed by atoms with Crippen molar-refractivity contribution in [2.75, 3.05) is 7.11 Å². The molecule has 1 aromatic carbocycles. The number of carbonyl (C=O) groups is 2. The minimum Gasteiger partial charge on any atom is -0.464 e. The number of rotatable bonds is 4. The van der Waals surface area contributed by atoms with E-state index in [1.807, 2.05) is 23.6 Å². The van der Waals surface area contributed by atoms with Crippen LogP contribution in [-0.4, -0.2) is 30.6 Å². The summed E-state index contributed by atoms with van der Waals surface area (Å²) in [5.74, 6) is -1.10. The Hall–Kier alpha value is -1.99. The van der Waals surface area contributed by atoms with Gasteiger partial charge in [0.05, 0.1) is 13.0 Å². The molecule has 118 valence electrons. The van der Waals surface area contributed by atoms with Crippen molar-refractivity contribution in [3.8, 4) is 0 Å². The summed E-state index contributed by atoms with van der Waals surface area (Å²) in [7, 11) is 1.31. The first-order valence-corrected chi connectivity index (χ1v) is 8.53. The van der Waals surface area contributed by atoms with Crippen molar-refractivity contribution in [1.82, 2.24) is 5.43 Å². The van der Waals surface area contributed by atoms with Gasteiger partial charge in [-0.25, -0.2) is 4.79 Å². The van der Waals surface area contributed by atoms with Crippen LogP contribution in [0.3, 0.4) is 0 Å². The number of nitrogens with one attached hydrogen (secondary N) is 1. The molecule has 2 unspecified atom stereocenters. The van der Waals surface area contributed by atoms with E-state index in [2.05, 4.69) is 26.5 Å². The monoisotopic (exact) mass is 392 g/mol. The molecule has 0 amide bonds. The third kappa shape index (κ3) is 3.07. The zero-order chi connectivity index (χ0) is 16.4. The molecule has 0 saturated heterocycles. The van der Waals surface area contributed by atoms with Gasteiger partial charge in [0.25, 0.3) is 0 Å². The lowest BCUT2D eigenvalue weighted by Crippen LogP contribution is -2.37. The van der Waals surface area contributed by atoms with Gasteiger partial charge in [-0.1, -0.05) is 34.1 Å². The Balaban J connectivity index is 1.96. The van der Waals surface area contributed by atoms with E-state index < -0.39 is 17.9 Å². The Bertz CT molecular complexity index is 773. The van der Waals surface area contributed by atoms with E-state index in [9.17, 15) is 9.59 Å². The maximum absolute atomic E-state index is 12.9. The summed E-state index contributed by atoms with van der Waals surface area (Å²) < 4.78 is 5.61. The Kier molecular flexibility index (Phi) is 4.58. The number of nitrogens with zero attached hydrogens (tertiary/aromatic N) is 1. The van der Waals surface area contributed by atoms with Crippen molar-refractivity contribution in [1.29, 1.82) is 0 Å². The molecule has 7 heteroatoms. The van der Waals surface area contributed by atoms with Gasteiger partial charge in [0.15, 0.2) is 11.5 Å². The van der Waals surface area contributed by atoms with Crippen LogP contribution in [0, 0.1) is 0 Å². The first kappa shape index (κ1) is 15.9. The minimum atomic E-state index is -0.628. The summed E-state index contributed by atoms with van der Waals surface area (Å²) >= 11 is 4.85. The van der Waals surface area contributed by atoms with E-state index in [0.717, 1.165) is 9.35 Å². The standard InChI is InChI=1S/C16H13BrN2O3S/c1-22-16(21)14-12(11-6-3-7-23-11)13(18-19-14)15(20)9-4-2-5-10(17)8-9/h2-8,12-13,18H,1H3. The van der Waals surface area contributed by atoms with Crippen molar-refractivity contribution >= 4 is 44.7 Å². The average molecular weight is 393 g/mol. The smallest absolute Gasteiger partial charge is 0.354 e. The molecule has 2 atom stereocenters. The predicted molar refractivity (Wildman–Crippen MR) is 91.9 cm³/mol. The number of thiophene rings is 1. The molecule has 3 rings (SSSR count). The van der Waals surface area contributed by atoms with Gasteiger partial charge in [-0.05, 0) is 23.6 Å². The Morgan fingerprint density at radius 2 is 2.13 bits per heavy atom. The number of carbonyl (C=O) groups excluding carboxylic acids is 2. The van der Waals surface area contributed by atoms with Crippen LogP contribution < -0.4 is 5.43 Å². The number of hydrogen-bond acceptors (Lipinski definition) is 6. The van der Waals surface area contributed by atoms with Crippen LogP contribution in [0.25, 0.3) is 0 Å². The third-order valence-corrected chi connectivity index (χ3v) is 5.04.